The van der Waals surface area contributed by atoms with E-state index in [1.807, 2.05) is 0 Å². The van der Waals surface area contributed by atoms with Crippen LogP contribution in [0, 0.1) is 0 Å². The van der Waals surface area contributed by atoms with Crippen LogP contribution in [0.5, 0.6) is 0 Å². The van der Waals surface area contributed by atoms with Crippen LogP contribution in [0.15, 0.2) is 0 Å². The van der Waals surface area contributed by atoms with Crippen LogP contribution >= 0.6 is 0 Å². The largest absolute Gasteiger partial charge is 0.466 e. The molecule has 0 N–H and O–H groups in total. The predicted molar refractivity (Wildman–Crippen MR) is 84.0 cm³/mol. The summed E-state index contributed by atoms with van der Waals surface area (Å²) in [5.74, 6) is -0.890. The van der Waals surface area contributed by atoms with Crippen molar-refractivity contribution in [2.75, 3.05) is 7.11 Å². The molecule has 0 amide bonds. The molecule has 21 heavy (non-hydrogen) atoms. The Morgan fingerprint density at radius 1 is 0.857 bits per heavy atom. The highest BCUT2D eigenvalue weighted by molar-refractivity contribution is 5.78. The molecule has 0 unspecified atom stereocenters. The molecular weight excluding hydrogens is 268 g/mol. The third kappa shape index (κ3) is 12.4. The van der Waals surface area contributed by atoms with Gasteiger partial charge in [0.05, 0.1) is 7.11 Å². The zero-order valence-electron chi connectivity index (χ0n) is 14.0. The molecule has 0 fully saturated rings. The first-order valence-electron chi connectivity index (χ1n) is 8.36. The first kappa shape index (κ1) is 19.9. The van der Waals surface area contributed by atoms with E-state index in [1.165, 1.54) is 65.4 Å². The minimum Gasteiger partial charge on any atom is -0.466 e. The maximum Gasteiger partial charge on any atom is 0.347 e. The monoisotopic (exact) mass is 300 g/mol. The number of ether oxygens (including phenoxy) is 2. The highest BCUT2D eigenvalue weighted by Crippen LogP contribution is 2.13. The van der Waals surface area contributed by atoms with Gasteiger partial charge in [0.15, 0.2) is 6.10 Å². The molecule has 0 aliphatic heterocycles. The molecule has 1 atom stereocenters. The summed E-state index contributed by atoms with van der Waals surface area (Å²) in [5, 5.41) is 0. The molecule has 124 valence electrons. The lowest BCUT2D eigenvalue weighted by molar-refractivity contribution is -0.165. The standard InChI is InChI=1S/C17H32O4/c1-4-5-6-7-8-9-10-11-12-13-14-16(17(19)20-3)21-15(2)18/h16H,4-14H2,1-3H3/t16-/m1/s1. The fourth-order valence-corrected chi connectivity index (χ4v) is 2.37. The second kappa shape index (κ2) is 13.9. The lowest BCUT2D eigenvalue weighted by Crippen LogP contribution is -2.27. The summed E-state index contributed by atoms with van der Waals surface area (Å²) in [6, 6.07) is 0. The van der Waals surface area contributed by atoms with Crippen LogP contribution in [0.1, 0.15) is 84.5 Å². The van der Waals surface area contributed by atoms with Crippen molar-refractivity contribution in [2.45, 2.75) is 90.6 Å². The fraction of sp³-hybridized carbons (Fsp3) is 0.882. The summed E-state index contributed by atoms with van der Waals surface area (Å²) >= 11 is 0. The van der Waals surface area contributed by atoms with Gasteiger partial charge in [-0.3, -0.25) is 4.79 Å². The third-order valence-corrected chi connectivity index (χ3v) is 3.59. The van der Waals surface area contributed by atoms with Crippen LogP contribution in [-0.2, 0) is 19.1 Å². The van der Waals surface area contributed by atoms with E-state index in [0.717, 1.165) is 12.8 Å². The molecule has 0 aliphatic rings. The quantitative estimate of drug-likeness (QED) is 0.373. The molecule has 0 rings (SSSR count). The van der Waals surface area contributed by atoms with Gasteiger partial charge >= 0.3 is 11.9 Å². The lowest BCUT2D eigenvalue weighted by Gasteiger charge is -2.14. The fourth-order valence-electron chi connectivity index (χ4n) is 2.37. The number of hydrogen-bond acceptors (Lipinski definition) is 4. The molecule has 0 radical (unpaired) electrons. The summed E-state index contributed by atoms with van der Waals surface area (Å²) in [4.78, 5) is 22.4. The van der Waals surface area contributed by atoms with Gasteiger partial charge in [-0.25, -0.2) is 4.79 Å². The van der Waals surface area contributed by atoms with Crippen LogP contribution in [0.3, 0.4) is 0 Å². The summed E-state index contributed by atoms with van der Waals surface area (Å²) < 4.78 is 9.61. The van der Waals surface area contributed by atoms with E-state index in [-0.39, 0.29) is 0 Å². The Morgan fingerprint density at radius 3 is 1.76 bits per heavy atom. The molecule has 4 nitrogen and oxygen atoms in total. The van der Waals surface area contributed by atoms with Gasteiger partial charge in [0.25, 0.3) is 0 Å². The normalized spacial score (nSPS) is 12.0. The number of rotatable bonds is 13. The first-order valence-corrected chi connectivity index (χ1v) is 8.36. The number of esters is 2. The maximum absolute atomic E-state index is 11.4. The van der Waals surface area contributed by atoms with Crippen molar-refractivity contribution in [3.63, 3.8) is 0 Å². The highest BCUT2D eigenvalue weighted by Gasteiger charge is 2.21. The first-order chi connectivity index (χ1) is 10.1. The maximum atomic E-state index is 11.4. The molecule has 0 saturated heterocycles. The smallest absolute Gasteiger partial charge is 0.347 e. The van der Waals surface area contributed by atoms with Crippen molar-refractivity contribution in [1.82, 2.24) is 0 Å². The van der Waals surface area contributed by atoms with Gasteiger partial charge in [-0.1, -0.05) is 64.7 Å². The van der Waals surface area contributed by atoms with Crippen molar-refractivity contribution in [1.29, 1.82) is 0 Å². The summed E-state index contributed by atoms with van der Waals surface area (Å²) in [5.41, 5.74) is 0. The van der Waals surface area contributed by atoms with Crippen LogP contribution in [0.2, 0.25) is 0 Å². The zero-order chi connectivity index (χ0) is 15.9. The highest BCUT2D eigenvalue weighted by atomic mass is 16.6. The Kier molecular flexibility index (Phi) is 13.2. The van der Waals surface area contributed by atoms with E-state index in [4.69, 9.17) is 4.74 Å². The van der Waals surface area contributed by atoms with Crippen molar-refractivity contribution in [3.8, 4) is 0 Å². The Hall–Kier alpha value is -1.06. The third-order valence-electron chi connectivity index (χ3n) is 3.59. The molecule has 0 saturated carbocycles. The van der Waals surface area contributed by atoms with Crippen LogP contribution in [0.4, 0.5) is 0 Å². The van der Waals surface area contributed by atoms with Gasteiger partial charge in [-0.05, 0) is 12.8 Å². The topological polar surface area (TPSA) is 52.6 Å². The van der Waals surface area contributed by atoms with Crippen molar-refractivity contribution in [2.24, 2.45) is 0 Å². The van der Waals surface area contributed by atoms with Gasteiger partial charge in [-0.15, -0.1) is 0 Å². The summed E-state index contributed by atoms with van der Waals surface area (Å²) in [7, 11) is 1.32. The van der Waals surface area contributed by atoms with Gasteiger partial charge in [0.1, 0.15) is 0 Å². The number of methoxy groups -OCH3 is 1. The molecule has 0 heterocycles. The van der Waals surface area contributed by atoms with E-state index in [0.29, 0.717) is 6.42 Å². The summed E-state index contributed by atoms with van der Waals surface area (Å²) in [6.45, 7) is 3.55. The van der Waals surface area contributed by atoms with E-state index in [2.05, 4.69) is 11.7 Å². The molecule has 0 aromatic rings. The minimum absolute atomic E-state index is 0.433. The van der Waals surface area contributed by atoms with Crippen LogP contribution in [0.25, 0.3) is 0 Å². The minimum atomic E-state index is -0.735. The van der Waals surface area contributed by atoms with E-state index >= 15 is 0 Å². The summed E-state index contributed by atoms with van der Waals surface area (Å²) in [6.07, 6.45) is 12.2. The average Bonchev–Trinajstić information content (AvgIpc) is 2.46. The Morgan fingerprint density at radius 2 is 1.33 bits per heavy atom. The number of carbonyl (C=O) groups excluding carboxylic acids is 2. The number of carbonyl (C=O) groups is 2. The Balaban J connectivity index is 3.53. The van der Waals surface area contributed by atoms with Gasteiger partial charge in [0, 0.05) is 6.92 Å². The second-order valence-corrected chi connectivity index (χ2v) is 5.59. The second-order valence-electron chi connectivity index (χ2n) is 5.59. The molecule has 0 aromatic heterocycles. The van der Waals surface area contributed by atoms with Crippen LogP contribution < -0.4 is 0 Å². The molecule has 0 aromatic carbocycles. The molecule has 4 heteroatoms. The Labute approximate surface area is 129 Å². The van der Waals surface area contributed by atoms with E-state index < -0.39 is 18.0 Å². The SMILES string of the molecule is CCCCCCCCCCCC[C@@H](OC(C)=O)C(=O)OC. The number of unbranched alkanes of at least 4 members (excludes halogenated alkanes) is 9. The van der Waals surface area contributed by atoms with E-state index in [9.17, 15) is 9.59 Å². The van der Waals surface area contributed by atoms with Gasteiger partial charge < -0.3 is 9.47 Å². The number of hydrogen-bond donors (Lipinski definition) is 0. The molecular formula is C17H32O4. The zero-order valence-corrected chi connectivity index (χ0v) is 14.0. The van der Waals surface area contributed by atoms with Crippen molar-refractivity contribution in [3.05, 3.63) is 0 Å². The van der Waals surface area contributed by atoms with E-state index in [1.54, 1.807) is 0 Å². The van der Waals surface area contributed by atoms with Crippen molar-refractivity contribution >= 4 is 11.9 Å². The molecule has 0 spiro atoms. The Bertz CT molecular complexity index is 276. The van der Waals surface area contributed by atoms with Gasteiger partial charge in [0.2, 0.25) is 0 Å². The molecule has 0 aliphatic carbocycles. The molecule has 0 bridgehead atoms. The van der Waals surface area contributed by atoms with Crippen molar-refractivity contribution < 1.29 is 19.1 Å². The predicted octanol–water partition coefficient (Wildman–Crippen LogP) is 4.40. The lowest BCUT2D eigenvalue weighted by atomic mass is 10.0. The van der Waals surface area contributed by atoms with Gasteiger partial charge in [-0.2, -0.15) is 0 Å². The van der Waals surface area contributed by atoms with Crippen LogP contribution in [-0.4, -0.2) is 25.2 Å². The average molecular weight is 300 g/mol.